The van der Waals surface area contributed by atoms with Crippen LogP contribution in [0, 0.1) is 0 Å². The Bertz CT molecular complexity index is 636. The fourth-order valence-corrected chi connectivity index (χ4v) is 3.77. The molecule has 0 aliphatic heterocycles. The Balaban J connectivity index is 2.92. The molecule has 0 saturated carbocycles. The lowest BCUT2D eigenvalue weighted by Gasteiger charge is -2.22. The molecule has 23 heavy (non-hydrogen) atoms. The summed E-state index contributed by atoms with van der Waals surface area (Å²) in [5.74, 6) is 0. The van der Waals surface area contributed by atoms with E-state index >= 15 is 0 Å². The second kappa shape index (κ2) is 7.79. The topological polar surface area (TPSA) is 78.5 Å². The van der Waals surface area contributed by atoms with E-state index in [1.165, 1.54) is 0 Å². The standard InChI is InChI=1S/C16H27N3O3S/c1-6-11-19(5)15(20)17-12-13-9-7-8-10-14(13)23(21,22)18-16(2,3)4/h7-10,18H,6,11-12H2,1-5H3,(H,17,20). The minimum atomic E-state index is -3.64. The molecule has 1 aromatic rings. The third kappa shape index (κ3) is 6.19. The molecule has 130 valence electrons. The van der Waals surface area contributed by atoms with E-state index in [1.54, 1.807) is 57.0 Å². The maximum atomic E-state index is 12.5. The maximum absolute atomic E-state index is 12.5. The summed E-state index contributed by atoms with van der Waals surface area (Å²) < 4.78 is 27.7. The molecule has 1 rings (SSSR count). The van der Waals surface area contributed by atoms with Crippen molar-refractivity contribution in [2.24, 2.45) is 0 Å². The minimum absolute atomic E-state index is 0.161. The number of amides is 2. The molecule has 0 heterocycles. The zero-order valence-corrected chi connectivity index (χ0v) is 15.3. The van der Waals surface area contributed by atoms with Crippen LogP contribution in [0.15, 0.2) is 29.2 Å². The van der Waals surface area contributed by atoms with Crippen LogP contribution in [-0.2, 0) is 16.6 Å². The second-order valence-corrected chi connectivity index (χ2v) is 8.19. The van der Waals surface area contributed by atoms with Gasteiger partial charge in [-0.25, -0.2) is 17.9 Å². The molecule has 0 spiro atoms. The van der Waals surface area contributed by atoms with Crippen molar-refractivity contribution in [1.82, 2.24) is 14.9 Å². The summed E-state index contributed by atoms with van der Waals surface area (Å²) in [6.07, 6.45) is 0.865. The van der Waals surface area contributed by atoms with Gasteiger partial charge in [-0.15, -0.1) is 0 Å². The highest BCUT2D eigenvalue weighted by molar-refractivity contribution is 7.89. The average molecular weight is 341 g/mol. The van der Waals surface area contributed by atoms with Crippen LogP contribution in [0.4, 0.5) is 4.79 Å². The van der Waals surface area contributed by atoms with Gasteiger partial charge < -0.3 is 10.2 Å². The Kier molecular flexibility index (Phi) is 6.58. The molecule has 0 atom stereocenters. The molecular formula is C16H27N3O3S. The smallest absolute Gasteiger partial charge is 0.317 e. The van der Waals surface area contributed by atoms with Crippen LogP contribution in [0.1, 0.15) is 39.7 Å². The van der Waals surface area contributed by atoms with E-state index in [4.69, 9.17) is 0 Å². The van der Waals surface area contributed by atoms with Gasteiger partial charge in [0.15, 0.2) is 0 Å². The van der Waals surface area contributed by atoms with Crippen molar-refractivity contribution in [3.05, 3.63) is 29.8 Å². The number of nitrogens with zero attached hydrogens (tertiary/aromatic N) is 1. The molecule has 0 aromatic heterocycles. The highest BCUT2D eigenvalue weighted by atomic mass is 32.2. The summed E-state index contributed by atoms with van der Waals surface area (Å²) in [5, 5.41) is 2.75. The van der Waals surface area contributed by atoms with Gasteiger partial charge >= 0.3 is 6.03 Å². The molecule has 7 heteroatoms. The van der Waals surface area contributed by atoms with Crippen LogP contribution in [0.3, 0.4) is 0 Å². The summed E-state index contributed by atoms with van der Waals surface area (Å²) in [7, 11) is -1.93. The summed E-state index contributed by atoms with van der Waals surface area (Å²) in [5.41, 5.74) is -0.0150. The van der Waals surface area contributed by atoms with Gasteiger partial charge in [-0.1, -0.05) is 25.1 Å². The van der Waals surface area contributed by atoms with Crippen LogP contribution in [0.5, 0.6) is 0 Å². The van der Waals surface area contributed by atoms with Crippen LogP contribution < -0.4 is 10.0 Å². The fraction of sp³-hybridized carbons (Fsp3) is 0.562. The van der Waals surface area contributed by atoms with Gasteiger partial charge in [0, 0.05) is 25.7 Å². The van der Waals surface area contributed by atoms with E-state index < -0.39 is 15.6 Å². The van der Waals surface area contributed by atoms with Crippen LogP contribution >= 0.6 is 0 Å². The first-order valence-electron chi connectivity index (χ1n) is 7.67. The lowest BCUT2D eigenvalue weighted by molar-refractivity contribution is 0.208. The average Bonchev–Trinajstić information content (AvgIpc) is 2.42. The van der Waals surface area contributed by atoms with Crippen LogP contribution in [0.25, 0.3) is 0 Å². The van der Waals surface area contributed by atoms with Gasteiger partial charge in [-0.05, 0) is 38.8 Å². The molecule has 0 bridgehead atoms. The molecule has 0 unspecified atom stereocenters. The first kappa shape index (κ1) is 19.4. The predicted octanol–water partition coefficient (Wildman–Crippen LogP) is 2.31. The third-order valence-electron chi connectivity index (χ3n) is 3.04. The highest BCUT2D eigenvalue weighted by Crippen LogP contribution is 2.17. The van der Waals surface area contributed by atoms with Crippen LogP contribution in [0.2, 0.25) is 0 Å². The van der Waals surface area contributed by atoms with Crippen molar-refractivity contribution in [2.45, 2.75) is 51.1 Å². The zero-order chi connectivity index (χ0) is 17.7. The van der Waals surface area contributed by atoms with E-state index in [-0.39, 0.29) is 17.5 Å². The molecule has 0 aliphatic carbocycles. The second-order valence-electron chi connectivity index (χ2n) is 6.54. The van der Waals surface area contributed by atoms with Gasteiger partial charge in [-0.2, -0.15) is 0 Å². The molecule has 6 nitrogen and oxygen atoms in total. The quantitative estimate of drug-likeness (QED) is 0.833. The Morgan fingerprint density at radius 2 is 1.83 bits per heavy atom. The summed E-state index contributed by atoms with van der Waals surface area (Å²) >= 11 is 0. The van der Waals surface area contributed by atoms with Gasteiger partial charge in [0.1, 0.15) is 0 Å². The SMILES string of the molecule is CCCN(C)C(=O)NCc1ccccc1S(=O)(=O)NC(C)(C)C. The minimum Gasteiger partial charge on any atom is -0.334 e. The van der Waals surface area contributed by atoms with Crippen molar-refractivity contribution < 1.29 is 13.2 Å². The predicted molar refractivity (Wildman–Crippen MR) is 91.7 cm³/mol. The lowest BCUT2D eigenvalue weighted by atomic mass is 10.1. The lowest BCUT2D eigenvalue weighted by Crippen LogP contribution is -2.41. The number of rotatable bonds is 6. The molecular weight excluding hydrogens is 314 g/mol. The summed E-state index contributed by atoms with van der Waals surface area (Å²) in [6, 6.07) is 6.46. The van der Waals surface area contributed by atoms with Crippen LogP contribution in [-0.4, -0.2) is 38.5 Å². The van der Waals surface area contributed by atoms with Gasteiger partial charge in [0.05, 0.1) is 4.90 Å². The van der Waals surface area contributed by atoms with Crippen molar-refractivity contribution in [3.63, 3.8) is 0 Å². The number of urea groups is 1. The van der Waals surface area contributed by atoms with Crippen molar-refractivity contribution >= 4 is 16.1 Å². The summed E-state index contributed by atoms with van der Waals surface area (Å²) in [6.45, 7) is 8.16. The normalized spacial score (nSPS) is 12.0. The van der Waals surface area contributed by atoms with Gasteiger partial charge in [0.25, 0.3) is 0 Å². The molecule has 2 N–H and O–H groups in total. The van der Waals surface area contributed by atoms with E-state index in [0.29, 0.717) is 12.1 Å². The summed E-state index contributed by atoms with van der Waals surface area (Å²) in [4.78, 5) is 13.7. The third-order valence-corrected chi connectivity index (χ3v) is 4.90. The Labute approximate surface area is 139 Å². The molecule has 2 amide bonds. The molecule has 1 aromatic carbocycles. The monoisotopic (exact) mass is 341 g/mol. The highest BCUT2D eigenvalue weighted by Gasteiger charge is 2.24. The first-order chi connectivity index (χ1) is 10.6. The first-order valence-corrected chi connectivity index (χ1v) is 9.16. The zero-order valence-electron chi connectivity index (χ0n) is 14.5. The number of nitrogens with one attached hydrogen (secondary N) is 2. The van der Waals surface area contributed by atoms with E-state index in [1.807, 2.05) is 6.92 Å². The number of carbonyl (C=O) groups excluding carboxylic acids is 1. The Morgan fingerprint density at radius 1 is 1.22 bits per heavy atom. The number of sulfonamides is 1. The molecule has 0 fully saturated rings. The van der Waals surface area contributed by atoms with E-state index in [2.05, 4.69) is 10.0 Å². The number of hydrogen-bond acceptors (Lipinski definition) is 3. The van der Waals surface area contributed by atoms with Crippen molar-refractivity contribution in [1.29, 1.82) is 0 Å². The number of benzene rings is 1. The fourth-order valence-electron chi connectivity index (χ4n) is 2.11. The van der Waals surface area contributed by atoms with Gasteiger partial charge in [-0.3, -0.25) is 0 Å². The largest absolute Gasteiger partial charge is 0.334 e. The van der Waals surface area contributed by atoms with Gasteiger partial charge in [0.2, 0.25) is 10.0 Å². The van der Waals surface area contributed by atoms with E-state index in [0.717, 1.165) is 6.42 Å². The maximum Gasteiger partial charge on any atom is 0.317 e. The number of carbonyl (C=O) groups is 1. The molecule has 0 aliphatic rings. The van der Waals surface area contributed by atoms with Crippen molar-refractivity contribution in [3.8, 4) is 0 Å². The number of hydrogen-bond donors (Lipinski definition) is 2. The Morgan fingerprint density at radius 3 is 2.39 bits per heavy atom. The molecule has 0 radical (unpaired) electrons. The Hall–Kier alpha value is -1.60. The molecule has 0 saturated heterocycles. The van der Waals surface area contributed by atoms with E-state index in [9.17, 15) is 13.2 Å². The van der Waals surface area contributed by atoms with Crippen molar-refractivity contribution in [2.75, 3.05) is 13.6 Å².